The first-order chi connectivity index (χ1) is 13.2. The zero-order valence-electron chi connectivity index (χ0n) is 16.1. The van der Waals surface area contributed by atoms with Crippen molar-refractivity contribution < 1.29 is 39.4 Å². The summed E-state index contributed by atoms with van der Waals surface area (Å²) in [5.74, 6) is 0.573. The fraction of sp³-hybridized carbons (Fsp3) is 0.632. The van der Waals surface area contributed by atoms with Gasteiger partial charge in [-0.3, -0.25) is 9.69 Å². The van der Waals surface area contributed by atoms with Crippen molar-refractivity contribution >= 4 is 5.97 Å². The van der Waals surface area contributed by atoms with Crippen LogP contribution in [0, 0.1) is 0 Å². The molecular formula is C19H27NO8. The molecule has 1 aromatic rings. The van der Waals surface area contributed by atoms with E-state index in [0.29, 0.717) is 11.5 Å². The molecule has 2 fully saturated rings. The predicted molar refractivity (Wildman–Crippen MR) is 96.9 cm³/mol. The summed E-state index contributed by atoms with van der Waals surface area (Å²) in [5.41, 5.74) is -0.995. The number of aliphatic hydroxyl groups excluding tert-OH is 3. The average molecular weight is 397 g/mol. The van der Waals surface area contributed by atoms with Crippen molar-refractivity contribution in [2.75, 3.05) is 21.3 Å². The summed E-state index contributed by atoms with van der Waals surface area (Å²) in [4.78, 5) is 14.1. The predicted octanol–water partition coefficient (Wildman–Crippen LogP) is -0.963. The van der Waals surface area contributed by atoms with Gasteiger partial charge in [0.2, 0.25) is 0 Å². The number of benzene rings is 1. The monoisotopic (exact) mass is 397 g/mol. The largest absolute Gasteiger partial charge is 0.497 e. The van der Waals surface area contributed by atoms with E-state index in [-0.39, 0.29) is 19.4 Å². The number of carbonyl (C=O) groups excluding carboxylic acids is 1. The second-order valence-electron chi connectivity index (χ2n) is 7.38. The SMILES string of the molecule is COC(=O)C1C[C@@]2(O)C(O)C(O)C(O)CC2N1Cc1cc(OC)cc(OC)c1. The standard InChI is InChI=1S/C19H27NO8/c1-26-11-4-10(5-12(6-11)27-2)9-20-13(18(24)28-3)8-19(25)15(20)7-14(21)16(22)17(19)23/h4-6,13-17,21-23,25H,7-9H2,1-3H3/t13?,14?,15?,16?,17?,19-/m0/s1. The van der Waals surface area contributed by atoms with Gasteiger partial charge in [-0.2, -0.15) is 0 Å². The van der Waals surface area contributed by atoms with Crippen LogP contribution in [0.1, 0.15) is 18.4 Å². The Labute approximate surface area is 163 Å². The van der Waals surface area contributed by atoms with Gasteiger partial charge in [-0.1, -0.05) is 0 Å². The molecule has 1 saturated carbocycles. The number of hydrogen-bond acceptors (Lipinski definition) is 9. The number of esters is 1. The molecule has 1 heterocycles. The van der Waals surface area contributed by atoms with E-state index in [1.165, 1.54) is 21.3 Å². The number of nitrogens with zero attached hydrogens (tertiary/aromatic N) is 1. The Hall–Kier alpha value is -1.91. The first-order valence-electron chi connectivity index (χ1n) is 9.07. The van der Waals surface area contributed by atoms with E-state index in [1.807, 2.05) is 0 Å². The molecule has 1 aromatic carbocycles. The van der Waals surface area contributed by atoms with Crippen molar-refractivity contribution in [3.63, 3.8) is 0 Å². The number of fused-ring (bicyclic) bond motifs is 1. The zero-order valence-corrected chi connectivity index (χ0v) is 16.1. The van der Waals surface area contributed by atoms with E-state index in [4.69, 9.17) is 14.2 Å². The molecular weight excluding hydrogens is 370 g/mol. The Morgan fingerprint density at radius 3 is 2.29 bits per heavy atom. The van der Waals surface area contributed by atoms with Gasteiger partial charge in [0.15, 0.2) is 0 Å². The minimum atomic E-state index is -1.75. The number of hydrogen-bond donors (Lipinski definition) is 4. The van der Waals surface area contributed by atoms with Gasteiger partial charge in [0.05, 0.1) is 27.4 Å². The molecule has 1 aliphatic heterocycles. The van der Waals surface area contributed by atoms with Gasteiger partial charge in [0.1, 0.15) is 35.3 Å². The number of aliphatic hydroxyl groups is 4. The van der Waals surface area contributed by atoms with Gasteiger partial charge < -0.3 is 34.6 Å². The first kappa shape index (κ1) is 20.8. The lowest BCUT2D eigenvalue weighted by atomic mass is 9.75. The van der Waals surface area contributed by atoms with Gasteiger partial charge in [-0.15, -0.1) is 0 Å². The molecule has 9 heteroatoms. The van der Waals surface area contributed by atoms with E-state index in [2.05, 4.69) is 0 Å². The lowest BCUT2D eigenvalue weighted by molar-refractivity contribution is -0.197. The normalized spacial score (nSPS) is 35.3. The highest BCUT2D eigenvalue weighted by molar-refractivity contribution is 5.76. The van der Waals surface area contributed by atoms with Crippen LogP contribution in [0.5, 0.6) is 11.5 Å². The van der Waals surface area contributed by atoms with Crippen LogP contribution in [0.3, 0.4) is 0 Å². The number of ether oxygens (including phenoxy) is 3. The van der Waals surface area contributed by atoms with Crippen LogP contribution >= 0.6 is 0 Å². The molecule has 9 nitrogen and oxygen atoms in total. The van der Waals surface area contributed by atoms with Crippen LogP contribution in [0.4, 0.5) is 0 Å². The van der Waals surface area contributed by atoms with Crippen molar-refractivity contribution in [1.82, 2.24) is 4.90 Å². The lowest BCUT2D eigenvalue weighted by Crippen LogP contribution is -2.64. The quantitative estimate of drug-likeness (QED) is 0.464. The second kappa shape index (κ2) is 7.84. The maximum atomic E-state index is 12.4. The van der Waals surface area contributed by atoms with E-state index in [1.54, 1.807) is 23.1 Å². The number of methoxy groups -OCH3 is 3. The highest BCUT2D eigenvalue weighted by Crippen LogP contribution is 2.44. The molecule has 2 aliphatic rings. The van der Waals surface area contributed by atoms with E-state index in [0.717, 1.165) is 5.56 Å². The third-order valence-electron chi connectivity index (χ3n) is 5.84. The van der Waals surface area contributed by atoms with Crippen LogP contribution in [-0.4, -0.2) is 88.6 Å². The molecule has 0 amide bonds. The fourth-order valence-corrected chi connectivity index (χ4v) is 4.34. The van der Waals surface area contributed by atoms with Crippen molar-refractivity contribution in [3.05, 3.63) is 23.8 Å². The molecule has 156 valence electrons. The number of carbonyl (C=O) groups is 1. The van der Waals surface area contributed by atoms with Gasteiger partial charge in [-0.25, -0.2) is 0 Å². The molecule has 0 spiro atoms. The number of likely N-dealkylation sites (tertiary alicyclic amines) is 1. The van der Waals surface area contributed by atoms with Crippen LogP contribution < -0.4 is 9.47 Å². The average Bonchev–Trinajstić information content (AvgIpc) is 2.98. The van der Waals surface area contributed by atoms with Crippen molar-refractivity contribution in [2.24, 2.45) is 0 Å². The molecule has 1 aliphatic carbocycles. The zero-order chi connectivity index (χ0) is 20.6. The van der Waals surface area contributed by atoms with Crippen LogP contribution in [0.15, 0.2) is 18.2 Å². The summed E-state index contributed by atoms with van der Waals surface area (Å²) in [6.07, 6.45) is -4.41. The molecule has 0 bridgehead atoms. The Kier molecular flexibility index (Phi) is 5.83. The fourth-order valence-electron chi connectivity index (χ4n) is 4.34. The topological polar surface area (TPSA) is 129 Å². The highest BCUT2D eigenvalue weighted by Gasteiger charge is 2.62. The first-order valence-corrected chi connectivity index (χ1v) is 9.07. The molecule has 28 heavy (non-hydrogen) atoms. The molecule has 4 N–H and O–H groups in total. The van der Waals surface area contributed by atoms with E-state index >= 15 is 0 Å². The van der Waals surface area contributed by atoms with Gasteiger partial charge in [0, 0.05) is 25.1 Å². The Balaban J connectivity index is 1.98. The maximum Gasteiger partial charge on any atom is 0.323 e. The second-order valence-corrected chi connectivity index (χ2v) is 7.38. The summed E-state index contributed by atoms with van der Waals surface area (Å²) in [6, 6.07) is 3.68. The molecule has 0 aromatic heterocycles. The Bertz CT molecular complexity index is 706. The highest BCUT2D eigenvalue weighted by atomic mass is 16.5. The van der Waals surface area contributed by atoms with E-state index < -0.39 is 42.0 Å². The minimum Gasteiger partial charge on any atom is -0.497 e. The van der Waals surface area contributed by atoms with Gasteiger partial charge in [0.25, 0.3) is 0 Å². The van der Waals surface area contributed by atoms with Crippen LogP contribution in [0.2, 0.25) is 0 Å². The summed E-state index contributed by atoms with van der Waals surface area (Å²) in [5, 5.41) is 41.7. The van der Waals surface area contributed by atoms with Gasteiger partial charge >= 0.3 is 5.97 Å². The summed E-state index contributed by atoms with van der Waals surface area (Å²) in [6.45, 7) is 0.218. The molecule has 6 atom stereocenters. The Morgan fingerprint density at radius 1 is 1.14 bits per heavy atom. The number of rotatable bonds is 5. The molecule has 0 radical (unpaired) electrons. The van der Waals surface area contributed by atoms with Crippen molar-refractivity contribution in [1.29, 1.82) is 0 Å². The lowest BCUT2D eigenvalue weighted by Gasteiger charge is -2.45. The summed E-state index contributed by atoms with van der Waals surface area (Å²) in [7, 11) is 4.31. The summed E-state index contributed by atoms with van der Waals surface area (Å²) >= 11 is 0. The van der Waals surface area contributed by atoms with Gasteiger partial charge in [-0.05, 0) is 24.1 Å². The molecule has 5 unspecified atom stereocenters. The third kappa shape index (κ3) is 3.44. The smallest absolute Gasteiger partial charge is 0.323 e. The molecule has 1 saturated heterocycles. The van der Waals surface area contributed by atoms with Crippen molar-refractivity contribution in [2.45, 2.75) is 55.4 Å². The van der Waals surface area contributed by atoms with E-state index in [9.17, 15) is 25.2 Å². The minimum absolute atomic E-state index is 0.00330. The van der Waals surface area contributed by atoms with Crippen LogP contribution in [0.25, 0.3) is 0 Å². The van der Waals surface area contributed by atoms with Crippen molar-refractivity contribution in [3.8, 4) is 11.5 Å². The summed E-state index contributed by atoms with van der Waals surface area (Å²) < 4.78 is 15.4. The molecule has 3 rings (SSSR count). The maximum absolute atomic E-state index is 12.4. The van der Waals surface area contributed by atoms with Crippen LogP contribution in [-0.2, 0) is 16.1 Å². The third-order valence-corrected chi connectivity index (χ3v) is 5.84. The Morgan fingerprint density at radius 2 is 1.75 bits per heavy atom.